The van der Waals surface area contributed by atoms with Gasteiger partial charge in [-0.1, -0.05) is 0 Å². The number of carbonyl (C=O) groups excluding carboxylic acids is 1. The van der Waals surface area contributed by atoms with E-state index in [1.807, 2.05) is 6.07 Å². The number of ether oxygens (including phenoxy) is 1. The van der Waals surface area contributed by atoms with Gasteiger partial charge in [0.15, 0.2) is 0 Å². The molecule has 0 radical (unpaired) electrons. The molecule has 0 aliphatic carbocycles. The first-order valence-corrected chi connectivity index (χ1v) is 8.94. The number of nitrogens with zero attached hydrogens (tertiary/aromatic N) is 3. The first-order chi connectivity index (χ1) is 14.4. The van der Waals surface area contributed by atoms with E-state index in [0.29, 0.717) is 0 Å². The molecule has 2 heterocycles. The lowest BCUT2D eigenvalue weighted by atomic mass is 9.89. The molecule has 32 heavy (non-hydrogen) atoms. The largest absolute Gasteiger partial charge is 0.424 e. The molecule has 2 aromatic rings. The second-order valence-corrected chi connectivity index (χ2v) is 7.28. The quantitative estimate of drug-likeness (QED) is 0.663. The van der Waals surface area contributed by atoms with Crippen molar-refractivity contribution in [3.05, 3.63) is 59.2 Å². The van der Waals surface area contributed by atoms with E-state index in [-0.39, 0.29) is 34.9 Å². The molecule has 0 bridgehead atoms. The Morgan fingerprint density at radius 2 is 1.97 bits per heavy atom. The van der Waals surface area contributed by atoms with Crippen molar-refractivity contribution in [3.8, 4) is 6.07 Å². The molecule has 1 aromatic carbocycles. The molecule has 0 saturated carbocycles. The van der Waals surface area contributed by atoms with E-state index >= 15 is 0 Å². The van der Waals surface area contributed by atoms with E-state index in [9.17, 15) is 22.4 Å². The summed E-state index contributed by atoms with van der Waals surface area (Å²) in [6.45, 7) is 1.54. The second-order valence-electron chi connectivity index (χ2n) is 7.28. The van der Waals surface area contributed by atoms with Gasteiger partial charge in [0.05, 0.1) is 12.2 Å². The van der Waals surface area contributed by atoms with Crippen LogP contribution in [0.3, 0.4) is 0 Å². The summed E-state index contributed by atoms with van der Waals surface area (Å²) < 4.78 is 59.4. The summed E-state index contributed by atoms with van der Waals surface area (Å²) in [5.41, 5.74) is 1.57. The number of aromatic nitrogens is 1. The van der Waals surface area contributed by atoms with Gasteiger partial charge in [-0.3, -0.25) is 9.79 Å². The lowest BCUT2D eigenvalue weighted by Crippen LogP contribution is -2.60. The maximum Gasteiger partial charge on any atom is 0.424 e. The highest BCUT2D eigenvalue weighted by Gasteiger charge is 2.59. The minimum Gasteiger partial charge on any atom is -0.385 e. The number of nitriles is 1. The Kier molecular flexibility index (Phi) is 6.82. The summed E-state index contributed by atoms with van der Waals surface area (Å²) in [6.07, 6.45) is -3.58. The van der Waals surface area contributed by atoms with Crippen LogP contribution in [0.4, 0.5) is 23.2 Å². The number of carbonyl (C=O) groups is 1. The number of nitrogens with two attached hydrogens (primary N) is 1. The fourth-order valence-electron chi connectivity index (χ4n) is 2.93. The standard InChI is InChI=1S/C20H17F4N5O2.ClH/c1-18(10-31-19(2,17(26)29-18)20(22,23)24)13-7-12(4-5-14(13)21)28-16(30)15-6-3-11(8-25)9-27-15;/h3-7,9H,10H2,1-2H3,(H2,26,29)(H,28,30);1H/t18-,19+;/m0./s1. The van der Waals surface area contributed by atoms with Gasteiger partial charge in [0.2, 0.25) is 5.60 Å². The summed E-state index contributed by atoms with van der Waals surface area (Å²) in [4.78, 5) is 20.1. The normalized spacial score (nSPS) is 22.8. The van der Waals surface area contributed by atoms with Crippen LogP contribution in [0.25, 0.3) is 0 Å². The fraction of sp³-hybridized carbons (Fsp3) is 0.300. The van der Waals surface area contributed by atoms with E-state index in [0.717, 1.165) is 13.0 Å². The van der Waals surface area contributed by atoms with Crippen molar-refractivity contribution in [2.45, 2.75) is 31.2 Å². The Balaban J connectivity index is 0.00000363. The molecule has 12 heteroatoms. The van der Waals surface area contributed by atoms with Crippen LogP contribution in [-0.2, 0) is 10.3 Å². The molecule has 1 amide bonds. The zero-order valence-electron chi connectivity index (χ0n) is 16.8. The van der Waals surface area contributed by atoms with Crippen LogP contribution >= 0.6 is 12.4 Å². The molecule has 0 fully saturated rings. The predicted molar refractivity (Wildman–Crippen MR) is 110 cm³/mol. The number of rotatable bonds is 3. The monoisotopic (exact) mass is 471 g/mol. The first-order valence-electron chi connectivity index (χ1n) is 8.94. The summed E-state index contributed by atoms with van der Waals surface area (Å²) in [6, 6.07) is 8.20. The van der Waals surface area contributed by atoms with Crippen molar-refractivity contribution in [2.24, 2.45) is 10.7 Å². The minimum atomic E-state index is -4.80. The molecule has 1 aliphatic heterocycles. The van der Waals surface area contributed by atoms with Crippen LogP contribution in [-0.4, -0.2) is 35.1 Å². The van der Waals surface area contributed by atoms with E-state index in [1.54, 1.807) is 0 Å². The number of amidine groups is 1. The molecule has 0 spiro atoms. The van der Waals surface area contributed by atoms with Crippen molar-refractivity contribution in [1.29, 1.82) is 5.26 Å². The van der Waals surface area contributed by atoms with Gasteiger partial charge in [0.25, 0.3) is 5.91 Å². The van der Waals surface area contributed by atoms with Gasteiger partial charge in [0.1, 0.15) is 29.0 Å². The van der Waals surface area contributed by atoms with Crippen LogP contribution in [0, 0.1) is 17.1 Å². The number of nitrogens with one attached hydrogen (secondary N) is 1. The predicted octanol–water partition coefficient (Wildman–Crippen LogP) is 3.69. The number of hydrogen-bond donors (Lipinski definition) is 2. The number of pyridine rings is 1. The number of alkyl halides is 3. The third-order valence-corrected chi connectivity index (χ3v) is 4.97. The van der Waals surface area contributed by atoms with Crippen LogP contribution in [0.5, 0.6) is 0 Å². The fourth-order valence-corrected chi connectivity index (χ4v) is 2.93. The molecular formula is C20H18ClF4N5O2. The molecule has 3 rings (SSSR count). The Morgan fingerprint density at radius 1 is 1.28 bits per heavy atom. The lowest BCUT2D eigenvalue weighted by Gasteiger charge is -2.41. The van der Waals surface area contributed by atoms with Crippen LogP contribution in [0.1, 0.15) is 35.5 Å². The van der Waals surface area contributed by atoms with Gasteiger partial charge in [-0.25, -0.2) is 9.37 Å². The highest BCUT2D eigenvalue weighted by Crippen LogP contribution is 2.41. The summed E-state index contributed by atoms with van der Waals surface area (Å²) in [7, 11) is 0. The number of aliphatic imine (C=N–C) groups is 1. The summed E-state index contributed by atoms with van der Waals surface area (Å²) in [5.74, 6) is -2.21. The molecule has 170 valence electrons. The SMILES string of the molecule is C[C@@]1(c2cc(NC(=O)c3ccc(C#N)cn3)ccc2F)CO[C@@](C)(C(F)(F)F)C(N)=N1.Cl. The maximum atomic E-state index is 14.6. The van der Waals surface area contributed by atoms with Crippen LogP contribution < -0.4 is 11.1 Å². The van der Waals surface area contributed by atoms with E-state index in [1.165, 1.54) is 37.4 Å². The number of benzene rings is 1. The number of halogens is 5. The zero-order valence-corrected chi connectivity index (χ0v) is 17.6. The third-order valence-electron chi connectivity index (χ3n) is 4.97. The number of hydrogen-bond acceptors (Lipinski definition) is 6. The third kappa shape index (κ3) is 4.51. The van der Waals surface area contributed by atoms with E-state index in [2.05, 4.69) is 15.3 Å². The first kappa shape index (κ1) is 25.0. The molecule has 2 atom stereocenters. The van der Waals surface area contributed by atoms with Gasteiger partial charge >= 0.3 is 6.18 Å². The van der Waals surface area contributed by atoms with Gasteiger partial charge < -0.3 is 15.8 Å². The smallest absolute Gasteiger partial charge is 0.385 e. The Morgan fingerprint density at radius 3 is 2.50 bits per heavy atom. The zero-order chi connectivity index (χ0) is 23.0. The average Bonchev–Trinajstić information content (AvgIpc) is 2.71. The van der Waals surface area contributed by atoms with Gasteiger partial charge in [-0.2, -0.15) is 18.4 Å². The Labute approximate surface area is 186 Å². The highest BCUT2D eigenvalue weighted by atomic mass is 35.5. The van der Waals surface area contributed by atoms with E-state index < -0.39 is 41.5 Å². The summed E-state index contributed by atoms with van der Waals surface area (Å²) in [5, 5.41) is 11.3. The van der Waals surface area contributed by atoms with Crippen molar-refractivity contribution >= 4 is 29.8 Å². The molecule has 0 unspecified atom stereocenters. The van der Waals surface area contributed by atoms with Crippen molar-refractivity contribution in [3.63, 3.8) is 0 Å². The van der Waals surface area contributed by atoms with Gasteiger partial charge in [0, 0.05) is 17.4 Å². The molecule has 7 nitrogen and oxygen atoms in total. The van der Waals surface area contributed by atoms with Crippen molar-refractivity contribution in [1.82, 2.24) is 4.98 Å². The Bertz CT molecular complexity index is 1100. The van der Waals surface area contributed by atoms with Crippen molar-refractivity contribution in [2.75, 3.05) is 11.9 Å². The molecule has 1 aromatic heterocycles. The van der Waals surface area contributed by atoms with Crippen LogP contribution in [0.15, 0.2) is 41.5 Å². The molecule has 0 saturated heterocycles. The van der Waals surface area contributed by atoms with Gasteiger partial charge in [-0.05, 0) is 44.2 Å². The molecular weight excluding hydrogens is 454 g/mol. The topological polar surface area (TPSA) is 113 Å². The molecule has 3 N–H and O–H groups in total. The minimum absolute atomic E-state index is 0. The van der Waals surface area contributed by atoms with E-state index in [4.69, 9.17) is 15.7 Å². The van der Waals surface area contributed by atoms with Crippen molar-refractivity contribution < 1.29 is 27.1 Å². The summed E-state index contributed by atoms with van der Waals surface area (Å²) >= 11 is 0. The number of anilines is 1. The number of amides is 1. The van der Waals surface area contributed by atoms with Crippen LogP contribution in [0.2, 0.25) is 0 Å². The lowest BCUT2D eigenvalue weighted by molar-refractivity contribution is -0.249. The van der Waals surface area contributed by atoms with Gasteiger partial charge in [-0.15, -0.1) is 12.4 Å². The molecule has 1 aliphatic rings. The second kappa shape index (κ2) is 8.72. The maximum absolute atomic E-state index is 14.6. The highest BCUT2D eigenvalue weighted by molar-refractivity contribution is 6.02. The Hall–Kier alpha value is -3.23. The average molecular weight is 472 g/mol.